The summed E-state index contributed by atoms with van der Waals surface area (Å²) in [5.74, 6) is 0. The van der Waals surface area contributed by atoms with Crippen LogP contribution in [0.4, 0.5) is 0 Å². The molecule has 2 heterocycles. The number of nitrogens with zero attached hydrogens (tertiary/aromatic N) is 2. The molecule has 0 aliphatic heterocycles. The third-order valence-corrected chi connectivity index (χ3v) is 4.74. The molecule has 0 aromatic carbocycles. The smallest absolute Gasteiger partial charge is 0.0854 e. The zero-order valence-corrected chi connectivity index (χ0v) is 12.5. The van der Waals surface area contributed by atoms with Crippen molar-refractivity contribution in [3.63, 3.8) is 0 Å². The fourth-order valence-electron chi connectivity index (χ4n) is 2.04. The summed E-state index contributed by atoms with van der Waals surface area (Å²) in [5.41, 5.74) is 2.31. The van der Waals surface area contributed by atoms with Gasteiger partial charge in [-0.25, -0.2) is 0 Å². The van der Waals surface area contributed by atoms with Crippen LogP contribution in [0.2, 0.25) is 5.02 Å². The number of aromatic nitrogens is 2. The highest BCUT2D eigenvalue weighted by Crippen LogP contribution is 2.35. The Morgan fingerprint density at radius 1 is 1.56 bits per heavy atom. The molecule has 0 fully saturated rings. The number of thiophene rings is 1. The number of nitrogens with one attached hydrogen (secondary N) is 1. The Morgan fingerprint density at radius 3 is 2.89 bits per heavy atom. The van der Waals surface area contributed by atoms with Gasteiger partial charge in [-0.15, -0.1) is 11.3 Å². The number of rotatable bonds is 5. The van der Waals surface area contributed by atoms with Gasteiger partial charge < -0.3 is 5.32 Å². The van der Waals surface area contributed by atoms with Gasteiger partial charge >= 0.3 is 0 Å². The molecule has 2 aromatic heterocycles. The van der Waals surface area contributed by atoms with Crippen LogP contribution in [0.5, 0.6) is 0 Å². The Morgan fingerprint density at radius 2 is 2.33 bits per heavy atom. The molecule has 0 saturated carbocycles. The summed E-state index contributed by atoms with van der Waals surface area (Å²) in [6, 6.07) is 2.17. The van der Waals surface area contributed by atoms with Crippen molar-refractivity contribution in [1.82, 2.24) is 15.1 Å². The number of aryl methyl sites for hydroxylation is 2. The Hall–Kier alpha value is -0.840. The van der Waals surface area contributed by atoms with Gasteiger partial charge in [0.2, 0.25) is 0 Å². The minimum atomic E-state index is 0.116. The lowest BCUT2D eigenvalue weighted by Gasteiger charge is -2.17. The van der Waals surface area contributed by atoms with Gasteiger partial charge in [0, 0.05) is 17.6 Å². The van der Waals surface area contributed by atoms with Crippen molar-refractivity contribution in [2.75, 3.05) is 7.05 Å². The van der Waals surface area contributed by atoms with E-state index in [1.54, 1.807) is 11.3 Å². The molecular formula is C13H18ClN3S. The van der Waals surface area contributed by atoms with Crippen molar-refractivity contribution < 1.29 is 0 Å². The average Bonchev–Trinajstić information content (AvgIpc) is 2.93. The van der Waals surface area contributed by atoms with Crippen molar-refractivity contribution in [2.24, 2.45) is 0 Å². The Labute approximate surface area is 117 Å². The van der Waals surface area contributed by atoms with E-state index in [-0.39, 0.29) is 6.04 Å². The Bertz CT molecular complexity index is 518. The highest BCUT2D eigenvalue weighted by Gasteiger charge is 2.21. The lowest BCUT2D eigenvalue weighted by molar-refractivity contribution is 0.538. The van der Waals surface area contributed by atoms with Crippen LogP contribution in [0.3, 0.4) is 0 Å². The molecule has 0 radical (unpaired) electrons. The van der Waals surface area contributed by atoms with E-state index in [0.717, 1.165) is 28.4 Å². The van der Waals surface area contributed by atoms with Crippen molar-refractivity contribution in [3.8, 4) is 0 Å². The van der Waals surface area contributed by atoms with Crippen molar-refractivity contribution in [2.45, 2.75) is 32.9 Å². The lowest BCUT2D eigenvalue weighted by Crippen LogP contribution is -2.21. The monoisotopic (exact) mass is 283 g/mol. The molecule has 98 valence electrons. The third kappa shape index (κ3) is 2.46. The zero-order valence-electron chi connectivity index (χ0n) is 10.9. The zero-order chi connectivity index (χ0) is 13.1. The van der Waals surface area contributed by atoms with Crippen LogP contribution in [-0.2, 0) is 6.54 Å². The van der Waals surface area contributed by atoms with Gasteiger partial charge in [-0.1, -0.05) is 18.5 Å². The topological polar surface area (TPSA) is 29.9 Å². The van der Waals surface area contributed by atoms with E-state index in [1.807, 2.05) is 24.9 Å². The molecule has 0 aliphatic carbocycles. The first-order valence-corrected chi connectivity index (χ1v) is 7.37. The Kier molecular flexibility index (Phi) is 4.43. The molecule has 1 unspecified atom stereocenters. The molecular weight excluding hydrogens is 266 g/mol. The van der Waals surface area contributed by atoms with Crippen LogP contribution in [0.1, 0.15) is 35.5 Å². The van der Waals surface area contributed by atoms with E-state index in [0.29, 0.717) is 0 Å². The lowest BCUT2D eigenvalue weighted by atomic mass is 10.1. The van der Waals surface area contributed by atoms with Crippen LogP contribution < -0.4 is 5.32 Å². The van der Waals surface area contributed by atoms with Gasteiger partial charge in [-0.05, 0) is 37.4 Å². The quantitative estimate of drug-likeness (QED) is 0.908. The van der Waals surface area contributed by atoms with E-state index in [1.165, 1.54) is 5.69 Å². The summed E-state index contributed by atoms with van der Waals surface area (Å²) in [4.78, 5) is 1.16. The van der Waals surface area contributed by atoms with Crippen molar-refractivity contribution in [1.29, 1.82) is 0 Å². The molecule has 0 saturated heterocycles. The maximum Gasteiger partial charge on any atom is 0.0854 e. The molecule has 18 heavy (non-hydrogen) atoms. The highest BCUT2D eigenvalue weighted by atomic mass is 35.5. The summed E-state index contributed by atoms with van der Waals surface area (Å²) < 4.78 is 2.05. The predicted octanol–water partition coefficient (Wildman–Crippen LogP) is 3.63. The largest absolute Gasteiger partial charge is 0.307 e. The summed E-state index contributed by atoms with van der Waals surface area (Å²) >= 11 is 8.07. The molecule has 1 atom stereocenters. The summed E-state index contributed by atoms with van der Waals surface area (Å²) in [5, 5.41) is 10.7. The van der Waals surface area contributed by atoms with E-state index in [9.17, 15) is 0 Å². The van der Waals surface area contributed by atoms with Crippen LogP contribution in [-0.4, -0.2) is 16.8 Å². The molecule has 0 aliphatic rings. The van der Waals surface area contributed by atoms with E-state index in [4.69, 9.17) is 11.6 Å². The summed E-state index contributed by atoms with van der Waals surface area (Å²) in [6.07, 6.45) is 2.92. The molecule has 0 amide bonds. The molecule has 2 aromatic rings. The van der Waals surface area contributed by atoms with Crippen molar-refractivity contribution >= 4 is 22.9 Å². The van der Waals surface area contributed by atoms with Gasteiger partial charge in [0.15, 0.2) is 0 Å². The second-order valence-electron chi connectivity index (χ2n) is 4.30. The maximum atomic E-state index is 6.37. The van der Waals surface area contributed by atoms with Gasteiger partial charge in [-0.2, -0.15) is 5.10 Å². The van der Waals surface area contributed by atoms with E-state index >= 15 is 0 Å². The van der Waals surface area contributed by atoms with E-state index < -0.39 is 0 Å². The van der Waals surface area contributed by atoms with Crippen molar-refractivity contribution in [3.05, 3.63) is 38.8 Å². The SMILES string of the molecule is CCCn1nccc1C(NC)c1scc(C)c1Cl. The summed E-state index contributed by atoms with van der Waals surface area (Å²) in [6.45, 7) is 5.13. The molecule has 5 heteroatoms. The van der Waals surface area contributed by atoms with Crippen LogP contribution in [0, 0.1) is 6.92 Å². The Balaban J connectivity index is 2.39. The van der Waals surface area contributed by atoms with Crippen LogP contribution in [0.25, 0.3) is 0 Å². The van der Waals surface area contributed by atoms with Gasteiger partial charge in [-0.3, -0.25) is 4.68 Å². The minimum Gasteiger partial charge on any atom is -0.307 e. The molecule has 2 rings (SSSR count). The molecule has 1 N–H and O–H groups in total. The first-order chi connectivity index (χ1) is 8.69. The minimum absolute atomic E-state index is 0.116. The fraction of sp³-hybridized carbons (Fsp3) is 0.462. The number of hydrogen-bond acceptors (Lipinski definition) is 3. The highest BCUT2D eigenvalue weighted by molar-refractivity contribution is 7.10. The number of hydrogen-bond donors (Lipinski definition) is 1. The first-order valence-electron chi connectivity index (χ1n) is 6.11. The predicted molar refractivity (Wildman–Crippen MR) is 77.5 cm³/mol. The van der Waals surface area contributed by atoms with Gasteiger partial charge in [0.1, 0.15) is 0 Å². The van der Waals surface area contributed by atoms with Crippen LogP contribution >= 0.6 is 22.9 Å². The normalized spacial score (nSPS) is 12.9. The van der Waals surface area contributed by atoms with Gasteiger partial charge in [0.05, 0.1) is 16.8 Å². The molecule has 0 bridgehead atoms. The standard InChI is InChI=1S/C13H18ClN3S/c1-4-7-17-10(5-6-16-17)12(15-3)13-11(14)9(2)8-18-13/h5-6,8,12,15H,4,7H2,1-3H3. The summed E-state index contributed by atoms with van der Waals surface area (Å²) in [7, 11) is 1.96. The third-order valence-electron chi connectivity index (χ3n) is 2.96. The molecule has 3 nitrogen and oxygen atoms in total. The first kappa shape index (κ1) is 13.6. The maximum absolute atomic E-state index is 6.37. The van der Waals surface area contributed by atoms with E-state index in [2.05, 4.69) is 28.8 Å². The second kappa shape index (κ2) is 5.87. The molecule has 0 spiro atoms. The number of halogens is 1. The average molecular weight is 284 g/mol. The second-order valence-corrected chi connectivity index (χ2v) is 5.59. The van der Waals surface area contributed by atoms with Crippen LogP contribution in [0.15, 0.2) is 17.6 Å². The van der Waals surface area contributed by atoms with Gasteiger partial charge in [0.25, 0.3) is 0 Å². The fourth-order valence-corrected chi connectivity index (χ4v) is 3.47.